The molecule has 3 N–H and O–H groups in total. The summed E-state index contributed by atoms with van der Waals surface area (Å²) in [6.07, 6.45) is 1.14. The second kappa shape index (κ2) is 7.86. The van der Waals surface area contributed by atoms with Crippen molar-refractivity contribution in [2.75, 3.05) is 11.1 Å². The molecule has 0 aliphatic rings. The Bertz CT molecular complexity index is 703. The molecule has 2 aromatic rings. The number of amides is 1. The lowest BCUT2D eigenvalue weighted by Crippen LogP contribution is -2.13. The summed E-state index contributed by atoms with van der Waals surface area (Å²) in [5.74, 6) is 0.689. The molecule has 0 aliphatic carbocycles. The molecule has 4 heteroatoms. The highest BCUT2D eigenvalue weighted by Crippen LogP contribution is 2.24. The van der Waals surface area contributed by atoms with Crippen molar-refractivity contribution in [1.29, 1.82) is 0 Å². The number of rotatable bonds is 6. The van der Waals surface area contributed by atoms with Crippen LogP contribution in [0.25, 0.3) is 0 Å². The summed E-state index contributed by atoms with van der Waals surface area (Å²) < 4.78 is 5.62. The van der Waals surface area contributed by atoms with Gasteiger partial charge in [0.05, 0.1) is 11.8 Å². The van der Waals surface area contributed by atoms with Gasteiger partial charge in [-0.3, -0.25) is 4.79 Å². The Balaban J connectivity index is 1.93. The zero-order valence-corrected chi connectivity index (χ0v) is 14.8. The summed E-state index contributed by atoms with van der Waals surface area (Å²) in [7, 11) is 0. The summed E-state index contributed by atoms with van der Waals surface area (Å²) in [6, 6.07) is 11.7. The first kappa shape index (κ1) is 17.9. The van der Waals surface area contributed by atoms with E-state index in [1.165, 1.54) is 0 Å². The van der Waals surface area contributed by atoms with Gasteiger partial charge in [0.25, 0.3) is 0 Å². The summed E-state index contributed by atoms with van der Waals surface area (Å²) in [4.78, 5) is 12.1. The number of nitrogens with one attached hydrogen (secondary N) is 1. The Labute approximate surface area is 144 Å². The van der Waals surface area contributed by atoms with Gasteiger partial charge in [0, 0.05) is 12.1 Å². The summed E-state index contributed by atoms with van der Waals surface area (Å²) >= 11 is 0. The molecule has 0 fully saturated rings. The third-order valence-electron chi connectivity index (χ3n) is 3.58. The van der Waals surface area contributed by atoms with Crippen LogP contribution in [0.3, 0.4) is 0 Å². The Morgan fingerprint density at radius 1 is 1.12 bits per heavy atom. The molecular formula is C20H26N2O2. The SMILES string of the molecule is Cc1cc(C)cc(NC(=O)CCc2ccc(OC(C)C)c(N)c2)c1. The maximum Gasteiger partial charge on any atom is 0.224 e. The lowest BCUT2D eigenvalue weighted by molar-refractivity contribution is -0.116. The minimum Gasteiger partial charge on any atom is -0.489 e. The lowest BCUT2D eigenvalue weighted by Gasteiger charge is -2.13. The number of anilines is 2. The molecule has 0 radical (unpaired) electrons. The molecule has 0 unspecified atom stereocenters. The molecule has 0 atom stereocenters. The third-order valence-corrected chi connectivity index (χ3v) is 3.58. The summed E-state index contributed by atoms with van der Waals surface area (Å²) in [5.41, 5.74) is 10.8. The van der Waals surface area contributed by atoms with Crippen LogP contribution in [0.5, 0.6) is 5.75 Å². The van der Waals surface area contributed by atoms with Gasteiger partial charge in [0.1, 0.15) is 5.75 Å². The van der Waals surface area contributed by atoms with Gasteiger partial charge in [-0.15, -0.1) is 0 Å². The molecule has 2 aromatic carbocycles. The smallest absolute Gasteiger partial charge is 0.224 e. The molecule has 2 rings (SSSR count). The van der Waals surface area contributed by atoms with Gasteiger partial charge < -0.3 is 15.8 Å². The number of benzene rings is 2. The maximum absolute atomic E-state index is 12.1. The van der Waals surface area contributed by atoms with Crippen molar-refractivity contribution in [2.45, 2.75) is 46.6 Å². The molecule has 24 heavy (non-hydrogen) atoms. The van der Waals surface area contributed by atoms with Gasteiger partial charge in [-0.1, -0.05) is 12.1 Å². The van der Waals surface area contributed by atoms with Gasteiger partial charge in [-0.25, -0.2) is 0 Å². The van der Waals surface area contributed by atoms with E-state index in [-0.39, 0.29) is 12.0 Å². The van der Waals surface area contributed by atoms with Crippen LogP contribution in [0.4, 0.5) is 11.4 Å². The third kappa shape index (κ3) is 5.30. The van der Waals surface area contributed by atoms with Crippen molar-refractivity contribution < 1.29 is 9.53 Å². The molecule has 1 amide bonds. The fourth-order valence-corrected chi connectivity index (χ4v) is 2.64. The van der Waals surface area contributed by atoms with Gasteiger partial charge in [0.15, 0.2) is 0 Å². The predicted molar refractivity (Wildman–Crippen MR) is 99.5 cm³/mol. The van der Waals surface area contributed by atoms with Crippen molar-refractivity contribution in [1.82, 2.24) is 0 Å². The summed E-state index contributed by atoms with van der Waals surface area (Å²) in [5, 5.41) is 2.95. The number of aryl methyl sites for hydroxylation is 3. The van der Waals surface area contributed by atoms with E-state index in [1.54, 1.807) is 0 Å². The molecule has 0 bridgehead atoms. The van der Waals surface area contributed by atoms with Crippen molar-refractivity contribution in [3.63, 3.8) is 0 Å². The number of ether oxygens (including phenoxy) is 1. The quantitative estimate of drug-likeness (QED) is 0.780. The fraction of sp³-hybridized carbons (Fsp3) is 0.350. The van der Waals surface area contributed by atoms with Crippen LogP contribution < -0.4 is 15.8 Å². The minimum atomic E-state index is 0.000998. The Kier molecular flexibility index (Phi) is 5.85. The topological polar surface area (TPSA) is 64.3 Å². The Morgan fingerprint density at radius 3 is 2.38 bits per heavy atom. The van der Waals surface area contributed by atoms with E-state index >= 15 is 0 Å². The highest BCUT2D eigenvalue weighted by molar-refractivity contribution is 5.91. The number of nitrogens with two attached hydrogens (primary N) is 1. The number of carbonyl (C=O) groups is 1. The fourth-order valence-electron chi connectivity index (χ4n) is 2.64. The van der Waals surface area contributed by atoms with Crippen molar-refractivity contribution >= 4 is 17.3 Å². The minimum absolute atomic E-state index is 0.000998. The number of hydrogen-bond donors (Lipinski definition) is 2. The van der Waals surface area contributed by atoms with Crippen LogP contribution in [0, 0.1) is 13.8 Å². The van der Waals surface area contributed by atoms with Gasteiger partial charge >= 0.3 is 0 Å². The number of carbonyl (C=O) groups excluding carboxylic acids is 1. The molecule has 0 heterocycles. The second-order valence-corrected chi connectivity index (χ2v) is 6.46. The average molecular weight is 326 g/mol. The maximum atomic E-state index is 12.1. The van der Waals surface area contributed by atoms with Gasteiger partial charge in [-0.05, 0) is 75.1 Å². The first-order valence-corrected chi connectivity index (χ1v) is 8.26. The van der Waals surface area contributed by atoms with Crippen molar-refractivity contribution in [3.8, 4) is 5.75 Å². The van der Waals surface area contributed by atoms with Crippen LogP contribution in [-0.2, 0) is 11.2 Å². The van der Waals surface area contributed by atoms with E-state index in [0.717, 1.165) is 22.4 Å². The van der Waals surface area contributed by atoms with Crippen LogP contribution in [-0.4, -0.2) is 12.0 Å². The van der Waals surface area contributed by atoms with E-state index in [9.17, 15) is 4.79 Å². The number of nitrogen functional groups attached to an aromatic ring is 1. The largest absolute Gasteiger partial charge is 0.489 e. The summed E-state index contributed by atoms with van der Waals surface area (Å²) in [6.45, 7) is 7.97. The highest BCUT2D eigenvalue weighted by atomic mass is 16.5. The highest BCUT2D eigenvalue weighted by Gasteiger charge is 2.07. The van der Waals surface area contributed by atoms with Gasteiger partial charge in [-0.2, -0.15) is 0 Å². The van der Waals surface area contributed by atoms with Crippen LogP contribution in [0.15, 0.2) is 36.4 Å². The van der Waals surface area contributed by atoms with Gasteiger partial charge in [0.2, 0.25) is 5.91 Å². The van der Waals surface area contributed by atoms with E-state index in [2.05, 4.69) is 11.4 Å². The predicted octanol–water partition coefficient (Wildman–Crippen LogP) is 4.24. The van der Waals surface area contributed by atoms with Crippen LogP contribution in [0.2, 0.25) is 0 Å². The molecule has 0 saturated carbocycles. The molecule has 0 saturated heterocycles. The normalized spacial score (nSPS) is 10.7. The number of hydrogen-bond acceptors (Lipinski definition) is 3. The average Bonchev–Trinajstić information content (AvgIpc) is 2.46. The van der Waals surface area contributed by atoms with Crippen molar-refractivity contribution in [2.24, 2.45) is 0 Å². The Morgan fingerprint density at radius 2 is 1.79 bits per heavy atom. The molecule has 128 valence electrons. The first-order valence-electron chi connectivity index (χ1n) is 8.26. The second-order valence-electron chi connectivity index (χ2n) is 6.46. The van der Waals surface area contributed by atoms with E-state index in [4.69, 9.17) is 10.5 Å². The molecule has 0 aromatic heterocycles. The van der Waals surface area contributed by atoms with Crippen LogP contribution in [0.1, 0.15) is 37.0 Å². The first-order chi connectivity index (χ1) is 11.3. The zero-order chi connectivity index (χ0) is 17.7. The molecular weight excluding hydrogens is 300 g/mol. The molecule has 0 aliphatic heterocycles. The van der Waals surface area contributed by atoms with Crippen molar-refractivity contribution in [3.05, 3.63) is 53.1 Å². The monoisotopic (exact) mass is 326 g/mol. The molecule has 4 nitrogen and oxygen atoms in total. The molecule has 0 spiro atoms. The zero-order valence-electron chi connectivity index (χ0n) is 14.8. The van der Waals surface area contributed by atoms with E-state index < -0.39 is 0 Å². The standard InChI is InChI=1S/C20H26N2O2/c1-13(2)24-19-7-5-16(12-18(19)21)6-8-20(23)22-17-10-14(3)9-15(4)11-17/h5,7,9-13H,6,8,21H2,1-4H3,(H,22,23). The van der Waals surface area contributed by atoms with E-state index in [0.29, 0.717) is 24.3 Å². The van der Waals surface area contributed by atoms with E-state index in [1.807, 2.05) is 58.0 Å². The van der Waals surface area contributed by atoms with Crippen LogP contribution >= 0.6 is 0 Å². The Hall–Kier alpha value is -2.49. The lowest BCUT2D eigenvalue weighted by atomic mass is 10.1.